The van der Waals surface area contributed by atoms with E-state index in [9.17, 15) is 18.0 Å². The monoisotopic (exact) mass is 536 g/mol. The fourth-order valence-electron chi connectivity index (χ4n) is 5.09. The van der Waals surface area contributed by atoms with Crippen molar-refractivity contribution >= 4 is 38.3 Å². The average molecular weight is 537 g/mol. The number of anilines is 1. The molecule has 202 valence electrons. The molecule has 1 fully saturated rings. The number of amides is 2. The van der Waals surface area contributed by atoms with Crippen LogP contribution in [-0.2, 0) is 14.8 Å². The quantitative estimate of drug-likeness (QED) is 0.421. The highest BCUT2D eigenvalue weighted by Gasteiger charge is 2.37. The number of nitrogens with zero attached hydrogens (tertiary/aromatic N) is 1. The summed E-state index contributed by atoms with van der Waals surface area (Å²) in [7, 11) is -3.89. The van der Waals surface area contributed by atoms with E-state index in [1.165, 1.54) is 6.07 Å². The first-order chi connectivity index (χ1) is 17.9. The van der Waals surface area contributed by atoms with Gasteiger partial charge in [-0.2, -0.15) is 0 Å². The first kappa shape index (κ1) is 27.8. The minimum atomic E-state index is -3.89. The van der Waals surface area contributed by atoms with Gasteiger partial charge in [0.25, 0.3) is 5.91 Å². The Bertz CT molecular complexity index is 1460. The number of fused-ring (bicyclic) bond motifs is 1. The average Bonchev–Trinajstić information content (AvgIpc) is 2.88. The molecule has 4 rings (SSSR count). The molecule has 0 bridgehead atoms. The van der Waals surface area contributed by atoms with E-state index in [0.717, 1.165) is 5.56 Å². The van der Waals surface area contributed by atoms with Crippen molar-refractivity contribution in [2.45, 2.75) is 57.0 Å². The summed E-state index contributed by atoms with van der Waals surface area (Å²) >= 11 is 0. The largest absolute Gasteiger partial charge is 0.341 e. The van der Waals surface area contributed by atoms with Crippen LogP contribution in [0.1, 0.15) is 49.5 Å². The Balaban J connectivity index is 1.59. The van der Waals surface area contributed by atoms with Gasteiger partial charge in [0.15, 0.2) is 0 Å². The highest BCUT2D eigenvalue weighted by atomic mass is 32.2. The van der Waals surface area contributed by atoms with Crippen LogP contribution in [0, 0.1) is 12.8 Å². The number of nitrogens with two attached hydrogens (primary N) is 1. The van der Waals surface area contributed by atoms with E-state index >= 15 is 0 Å². The molecule has 0 aromatic heterocycles. The van der Waals surface area contributed by atoms with Crippen molar-refractivity contribution in [3.05, 3.63) is 71.8 Å². The summed E-state index contributed by atoms with van der Waals surface area (Å²) in [5.74, 6) is -0.426. The van der Waals surface area contributed by atoms with Crippen molar-refractivity contribution in [3.8, 4) is 0 Å². The van der Waals surface area contributed by atoms with Gasteiger partial charge in [-0.3, -0.25) is 9.59 Å². The van der Waals surface area contributed by atoms with Crippen LogP contribution in [-0.4, -0.2) is 49.8 Å². The lowest BCUT2D eigenvalue weighted by Crippen LogP contribution is -2.58. The topological polar surface area (TPSA) is 122 Å². The first-order valence-corrected chi connectivity index (χ1v) is 14.4. The third-order valence-electron chi connectivity index (χ3n) is 7.21. The lowest BCUT2D eigenvalue weighted by Gasteiger charge is -2.40. The second-order valence-corrected chi connectivity index (χ2v) is 12.3. The van der Waals surface area contributed by atoms with Gasteiger partial charge < -0.3 is 16.0 Å². The molecule has 2 atom stereocenters. The van der Waals surface area contributed by atoms with Gasteiger partial charge in [-0.05, 0) is 56.9 Å². The number of sulfonamides is 1. The van der Waals surface area contributed by atoms with Gasteiger partial charge in [-0.25, -0.2) is 13.1 Å². The van der Waals surface area contributed by atoms with Gasteiger partial charge in [0.05, 0.1) is 10.4 Å². The molecule has 0 saturated carbocycles. The molecule has 1 aliphatic rings. The first-order valence-electron chi connectivity index (χ1n) is 12.9. The summed E-state index contributed by atoms with van der Waals surface area (Å²) in [5.41, 5.74) is 6.99. The molecular formula is C29H36N4O4S. The van der Waals surface area contributed by atoms with Crippen LogP contribution in [0.3, 0.4) is 0 Å². The Morgan fingerprint density at radius 2 is 1.68 bits per heavy atom. The molecule has 3 aromatic rings. The zero-order chi connectivity index (χ0) is 27.7. The Morgan fingerprint density at radius 1 is 1.03 bits per heavy atom. The number of likely N-dealkylation sites (tertiary alicyclic amines) is 1. The molecule has 0 spiro atoms. The smallest absolute Gasteiger partial charge is 0.255 e. The lowest BCUT2D eigenvalue weighted by molar-refractivity contribution is -0.138. The number of carbonyl (C=O) groups is 2. The molecule has 1 saturated heterocycles. The molecule has 3 aromatic carbocycles. The summed E-state index contributed by atoms with van der Waals surface area (Å²) in [6, 6.07) is 17.3. The number of hydrogen-bond donors (Lipinski definition) is 3. The maximum atomic E-state index is 13.7. The Hall–Kier alpha value is -3.27. The van der Waals surface area contributed by atoms with Gasteiger partial charge >= 0.3 is 0 Å². The second kappa shape index (κ2) is 10.8. The molecule has 9 heteroatoms. The van der Waals surface area contributed by atoms with Crippen LogP contribution in [0.5, 0.6) is 0 Å². The number of hydrogen-bond acceptors (Lipinski definition) is 5. The van der Waals surface area contributed by atoms with E-state index in [-0.39, 0.29) is 28.7 Å². The van der Waals surface area contributed by atoms with Crippen LogP contribution in [0.2, 0.25) is 0 Å². The maximum Gasteiger partial charge on any atom is 0.255 e. The van der Waals surface area contributed by atoms with E-state index in [0.29, 0.717) is 48.0 Å². The summed E-state index contributed by atoms with van der Waals surface area (Å²) in [6.07, 6.45) is 1.22. The van der Waals surface area contributed by atoms with Crippen molar-refractivity contribution in [2.75, 3.05) is 18.4 Å². The molecule has 4 N–H and O–H groups in total. The van der Waals surface area contributed by atoms with Crippen LogP contribution in [0.15, 0.2) is 65.6 Å². The standard InChI is InChI=1S/C29H36N4O4S/c1-5-20-18-33(28(35)29(3,4)30)17-16-24(20)32-38(36,37)26-15-14-25(22-12-8-9-13-23(22)26)31-27(34)21-11-7-6-10-19(21)2/h6-15,20,24,32H,5,16-18,30H2,1-4H3,(H,31,34)/t20-,24+/m0/s1. The third-order valence-corrected chi connectivity index (χ3v) is 8.76. The van der Waals surface area contributed by atoms with E-state index in [1.54, 1.807) is 49.1 Å². The van der Waals surface area contributed by atoms with E-state index in [4.69, 9.17) is 5.73 Å². The molecule has 1 heterocycles. The maximum absolute atomic E-state index is 13.7. The minimum absolute atomic E-state index is 0.0382. The minimum Gasteiger partial charge on any atom is -0.341 e. The number of nitrogens with one attached hydrogen (secondary N) is 2. The molecule has 1 aliphatic heterocycles. The predicted octanol–water partition coefficient (Wildman–Crippen LogP) is 4.04. The summed E-state index contributed by atoms with van der Waals surface area (Å²) < 4.78 is 30.2. The van der Waals surface area contributed by atoms with Crippen LogP contribution < -0.4 is 15.8 Å². The fourth-order valence-corrected chi connectivity index (χ4v) is 6.64. The van der Waals surface area contributed by atoms with Gasteiger partial charge in [-0.15, -0.1) is 0 Å². The van der Waals surface area contributed by atoms with Crippen molar-refractivity contribution < 1.29 is 18.0 Å². The van der Waals surface area contributed by atoms with Crippen LogP contribution in [0.25, 0.3) is 10.8 Å². The zero-order valence-corrected chi connectivity index (χ0v) is 23.1. The van der Waals surface area contributed by atoms with Gasteiger partial charge in [0.2, 0.25) is 15.9 Å². The van der Waals surface area contributed by atoms with Crippen molar-refractivity contribution in [3.63, 3.8) is 0 Å². The highest BCUT2D eigenvalue weighted by molar-refractivity contribution is 7.89. The fraction of sp³-hybridized carbons (Fsp3) is 0.379. The lowest BCUT2D eigenvalue weighted by atomic mass is 9.89. The van der Waals surface area contributed by atoms with Gasteiger partial charge in [-0.1, -0.05) is 55.8 Å². The summed E-state index contributed by atoms with van der Waals surface area (Å²) in [5, 5.41) is 4.10. The van der Waals surface area contributed by atoms with Crippen molar-refractivity contribution in [1.82, 2.24) is 9.62 Å². The van der Waals surface area contributed by atoms with Gasteiger partial charge in [0.1, 0.15) is 0 Å². The molecule has 0 unspecified atom stereocenters. The Labute approximate surface area is 224 Å². The second-order valence-electron chi connectivity index (χ2n) is 10.6. The number of aryl methyl sites for hydroxylation is 1. The SMILES string of the molecule is CC[C@H]1CN(C(=O)C(C)(C)N)CC[C@H]1NS(=O)(=O)c1ccc(NC(=O)c2ccccc2C)c2ccccc12. The van der Waals surface area contributed by atoms with E-state index in [1.807, 2.05) is 38.1 Å². The number of carbonyl (C=O) groups excluding carboxylic acids is 2. The van der Waals surface area contributed by atoms with Crippen molar-refractivity contribution in [2.24, 2.45) is 11.7 Å². The third kappa shape index (κ3) is 5.75. The predicted molar refractivity (Wildman–Crippen MR) is 150 cm³/mol. The van der Waals surface area contributed by atoms with Crippen LogP contribution in [0.4, 0.5) is 5.69 Å². The van der Waals surface area contributed by atoms with E-state index < -0.39 is 15.6 Å². The molecule has 38 heavy (non-hydrogen) atoms. The normalized spacial score (nSPS) is 18.4. The molecule has 8 nitrogen and oxygen atoms in total. The Morgan fingerprint density at radius 3 is 2.34 bits per heavy atom. The zero-order valence-electron chi connectivity index (χ0n) is 22.3. The Kier molecular flexibility index (Phi) is 7.92. The van der Waals surface area contributed by atoms with E-state index in [2.05, 4.69) is 10.0 Å². The highest BCUT2D eigenvalue weighted by Crippen LogP contribution is 2.31. The summed E-state index contributed by atoms with van der Waals surface area (Å²) in [6.45, 7) is 8.12. The molecule has 2 amide bonds. The van der Waals surface area contributed by atoms with Crippen LogP contribution >= 0.6 is 0 Å². The number of benzene rings is 3. The number of piperidine rings is 1. The molecular weight excluding hydrogens is 500 g/mol. The van der Waals surface area contributed by atoms with Gasteiger partial charge in [0, 0.05) is 41.2 Å². The van der Waals surface area contributed by atoms with Crippen molar-refractivity contribution in [1.29, 1.82) is 0 Å². The molecule has 0 aliphatic carbocycles. The number of rotatable bonds is 7. The molecule has 0 radical (unpaired) electrons. The summed E-state index contributed by atoms with van der Waals surface area (Å²) in [4.78, 5) is 27.5.